The second kappa shape index (κ2) is 8.52. The quantitative estimate of drug-likeness (QED) is 0.801. The molecule has 2 rings (SSSR count). The molecular weight excluding hydrogens is 304 g/mol. The van der Waals surface area contributed by atoms with Crippen LogP contribution in [0.25, 0.3) is 0 Å². The number of carbonyl (C=O) groups is 1. The smallest absolute Gasteiger partial charge is 0.224 e. The summed E-state index contributed by atoms with van der Waals surface area (Å²) in [5, 5.41) is 6.92. The van der Waals surface area contributed by atoms with E-state index < -0.39 is 0 Å². The van der Waals surface area contributed by atoms with Gasteiger partial charge < -0.3 is 14.6 Å². The van der Waals surface area contributed by atoms with E-state index in [0.717, 1.165) is 41.2 Å². The lowest BCUT2D eigenvalue weighted by Gasteiger charge is -2.13. The Morgan fingerprint density at radius 1 is 1.29 bits per heavy atom. The van der Waals surface area contributed by atoms with Gasteiger partial charge in [-0.05, 0) is 44.9 Å². The molecule has 5 nitrogen and oxygen atoms in total. The minimum absolute atomic E-state index is 0.0559. The molecule has 0 aliphatic rings. The first-order valence-electron chi connectivity index (χ1n) is 8.42. The van der Waals surface area contributed by atoms with Crippen LogP contribution in [0.1, 0.15) is 49.3 Å². The Bertz CT molecular complexity index is 642. The van der Waals surface area contributed by atoms with Gasteiger partial charge in [-0.3, -0.25) is 4.79 Å². The van der Waals surface area contributed by atoms with Crippen LogP contribution in [0.5, 0.6) is 5.75 Å². The first kappa shape index (κ1) is 18.0. The van der Waals surface area contributed by atoms with Crippen LogP contribution in [-0.4, -0.2) is 17.1 Å². The first-order chi connectivity index (χ1) is 11.5. The number of nitrogens with one attached hydrogen (secondary N) is 1. The first-order valence-corrected chi connectivity index (χ1v) is 8.42. The third-order valence-electron chi connectivity index (χ3n) is 3.98. The lowest BCUT2D eigenvalue weighted by atomic mass is 10.1. The van der Waals surface area contributed by atoms with Crippen LogP contribution in [0.15, 0.2) is 28.8 Å². The standard InChI is InChI=1S/C19H26N2O3/c1-5-6-13(2)20-19(22)11-16-7-9-17(10-8-16)23-12-18-14(3)21-24-15(18)4/h7-10,13H,5-6,11-12H2,1-4H3,(H,20,22)/t13-/m0/s1. The van der Waals surface area contributed by atoms with E-state index in [9.17, 15) is 4.79 Å². The maximum atomic E-state index is 12.0. The van der Waals surface area contributed by atoms with Crippen molar-refractivity contribution < 1.29 is 14.1 Å². The zero-order valence-corrected chi connectivity index (χ0v) is 14.9. The average Bonchev–Trinajstić information content (AvgIpc) is 2.85. The Morgan fingerprint density at radius 3 is 2.58 bits per heavy atom. The van der Waals surface area contributed by atoms with Gasteiger partial charge in [0.05, 0.1) is 17.7 Å². The van der Waals surface area contributed by atoms with Gasteiger partial charge in [-0.2, -0.15) is 0 Å². The van der Waals surface area contributed by atoms with Crippen LogP contribution in [0.4, 0.5) is 0 Å². The van der Waals surface area contributed by atoms with Gasteiger partial charge in [0.25, 0.3) is 0 Å². The Labute approximate surface area is 143 Å². The highest BCUT2D eigenvalue weighted by atomic mass is 16.5. The van der Waals surface area contributed by atoms with E-state index >= 15 is 0 Å². The summed E-state index contributed by atoms with van der Waals surface area (Å²) in [6.45, 7) is 8.35. The van der Waals surface area contributed by atoms with Crippen LogP contribution < -0.4 is 10.1 Å². The molecule has 0 aliphatic heterocycles. The Kier molecular flexibility index (Phi) is 6.41. The summed E-state index contributed by atoms with van der Waals surface area (Å²) in [6, 6.07) is 7.84. The summed E-state index contributed by atoms with van der Waals surface area (Å²) in [4.78, 5) is 12.0. The van der Waals surface area contributed by atoms with Crippen LogP contribution in [0.3, 0.4) is 0 Å². The number of rotatable bonds is 8. The van der Waals surface area contributed by atoms with Crippen molar-refractivity contribution in [1.82, 2.24) is 10.5 Å². The third kappa shape index (κ3) is 5.11. The van der Waals surface area contributed by atoms with Crippen molar-refractivity contribution in [3.63, 3.8) is 0 Å². The van der Waals surface area contributed by atoms with E-state index in [2.05, 4.69) is 17.4 Å². The Morgan fingerprint density at radius 2 is 2.00 bits per heavy atom. The minimum Gasteiger partial charge on any atom is -0.489 e. The maximum absolute atomic E-state index is 12.0. The van der Waals surface area contributed by atoms with E-state index in [1.807, 2.05) is 45.0 Å². The maximum Gasteiger partial charge on any atom is 0.224 e. The molecule has 2 aromatic rings. The number of hydrogen-bond acceptors (Lipinski definition) is 4. The number of nitrogens with zero attached hydrogens (tertiary/aromatic N) is 1. The number of hydrogen-bond donors (Lipinski definition) is 1. The normalized spacial score (nSPS) is 12.0. The molecular formula is C19H26N2O3. The van der Waals surface area contributed by atoms with Crippen molar-refractivity contribution in [2.45, 2.75) is 59.6 Å². The predicted molar refractivity (Wildman–Crippen MR) is 93.0 cm³/mol. The van der Waals surface area contributed by atoms with Crippen molar-refractivity contribution in [3.8, 4) is 5.75 Å². The lowest BCUT2D eigenvalue weighted by molar-refractivity contribution is -0.121. The largest absolute Gasteiger partial charge is 0.489 e. The topological polar surface area (TPSA) is 64.4 Å². The fourth-order valence-electron chi connectivity index (χ4n) is 2.58. The highest BCUT2D eigenvalue weighted by Crippen LogP contribution is 2.18. The van der Waals surface area contributed by atoms with E-state index in [-0.39, 0.29) is 11.9 Å². The predicted octanol–water partition coefficient (Wildman–Crippen LogP) is 3.72. The van der Waals surface area contributed by atoms with Gasteiger partial charge in [-0.15, -0.1) is 0 Å². The molecule has 0 aliphatic carbocycles. The SMILES string of the molecule is CCC[C@H](C)NC(=O)Cc1ccc(OCc2c(C)noc2C)cc1. The monoisotopic (exact) mass is 330 g/mol. The van der Waals surface area contributed by atoms with Crippen molar-refractivity contribution >= 4 is 5.91 Å². The molecule has 5 heteroatoms. The highest BCUT2D eigenvalue weighted by Gasteiger charge is 2.10. The number of amides is 1. The molecule has 0 saturated carbocycles. The molecule has 0 bridgehead atoms. The fourth-order valence-corrected chi connectivity index (χ4v) is 2.58. The second-order valence-corrected chi connectivity index (χ2v) is 6.17. The zero-order chi connectivity index (χ0) is 17.5. The number of carbonyl (C=O) groups excluding carboxylic acids is 1. The molecule has 0 spiro atoms. The number of aromatic nitrogens is 1. The fraction of sp³-hybridized carbons (Fsp3) is 0.474. The summed E-state index contributed by atoms with van der Waals surface area (Å²) in [6.07, 6.45) is 2.46. The Hall–Kier alpha value is -2.30. The van der Waals surface area contributed by atoms with Crippen LogP contribution >= 0.6 is 0 Å². The summed E-state index contributed by atoms with van der Waals surface area (Å²) >= 11 is 0. The molecule has 0 saturated heterocycles. The van der Waals surface area contributed by atoms with Gasteiger partial charge in [-0.25, -0.2) is 0 Å². The summed E-state index contributed by atoms with van der Waals surface area (Å²) in [5.41, 5.74) is 2.80. The molecule has 1 heterocycles. The van der Waals surface area contributed by atoms with Crippen LogP contribution in [0, 0.1) is 13.8 Å². The molecule has 1 aromatic heterocycles. The van der Waals surface area contributed by atoms with E-state index in [0.29, 0.717) is 13.0 Å². The summed E-state index contributed by atoms with van der Waals surface area (Å²) < 4.78 is 10.9. The van der Waals surface area contributed by atoms with Gasteiger partial charge in [0.1, 0.15) is 18.1 Å². The van der Waals surface area contributed by atoms with Gasteiger partial charge in [0.15, 0.2) is 0 Å². The summed E-state index contributed by atoms with van der Waals surface area (Å²) in [5.74, 6) is 1.60. The van der Waals surface area contributed by atoms with Crippen molar-refractivity contribution in [3.05, 3.63) is 46.8 Å². The van der Waals surface area contributed by atoms with Gasteiger partial charge in [0, 0.05) is 6.04 Å². The third-order valence-corrected chi connectivity index (χ3v) is 3.98. The molecule has 0 unspecified atom stereocenters. The van der Waals surface area contributed by atoms with Gasteiger partial charge in [-0.1, -0.05) is 30.6 Å². The zero-order valence-electron chi connectivity index (χ0n) is 14.9. The van der Waals surface area contributed by atoms with Crippen LogP contribution in [0.2, 0.25) is 0 Å². The number of benzene rings is 1. The molecule has 0 radical (unpaired) electrons. The Balaban J connectivity index is 1.85. The molecule has 1 aromatic carbocycles. The average molecular weight is 330 g/mol. The van der Waals surface area contributed by atoms with Gasteiger partial charge >= 0.3 is 0 Å². The van der Waals surface area contributed by atoms with E-state index in [4.69, 9.17) is 9.26 Å². The molecule has 0 fully saturated rings. The summed E-state index contributed by atoms with van der Waals surface area (Å²) in [7, 11) is 0. The van der Waals surface area contributed by atoms with Crippen molar-refractivity contribution in [1.29, 1.82) is 0 Å². The molecule has 1 amide bonds. The lowest BCUT2D eigenvalue weighted by Crippen LogP contribution is -2.33. The number of aryl methyl sites for hydroxylation is 2. The molecule has 1 N–H and O–H groups in total. The van der Waals surface area contributed by atoms with Gasteiger partial charge in [0.2, 0.25) is 5.91 Å². The molecule has 1 atom stereocenters. The second-order valence-electron chi connectivity index (χ2n) is 6.17. The number of ether oxygens (including phenoxy) is 1. The van der Waals surface area contributed by atoms with Crippen molar-refractivity contribution in [2.75, 3.05) is 0 Å². The van der Waals surface area contributed by atoms with Crippen LogP contribution in [-0.2, 0) is 17.8 Å². The molecule has 24 heavy (non-hydrogen) atoms. The minimum atomic E-state index is 0.0559. The van der Waals surface area contributed by atoms with E-state index in [1.165, 1.54) is 0 Å². The molecule has 130 valence electrons. The highest BCUT2D eigenvalue weighted by molar-refractivity contribution is 5.78. The van der Waals surface area contributed by atoms with E-state index in [1.54, 1.807) is 0 Å². The van der Waals surface area contributed by atoms with Crippen molar-refractivity contribution in [2.24, 2.45) is 0 Å².